The average Bonchev–Trinajstić information content (AvgIpc) is 2.78. The SMILES string of the molecule is [CH]c1cccc(-c2nc(C(=O)NCC)co2)c1. The van der Waals surface area contributed by atoms with Gasteiger partial charge in [-0.15, -0.1) is 0 Å². The second-order valence-corrected chi connectivity index (χ2v) is 3.52. The van der Waals surface area contributed by atoms with Gasteiger partial charge in [0.2, 0.25) is 5.89 Å². The largest absolute Gasteiger partial charge is 0.444 e. The Labute approximate surface area is 99.7 Å². The fourth-order valence-corrected chi connectivity index (χ4v) is 1.43. The van der Waals surface area contributed by atoms with E-state index in [1.165, 1.54) is 6.26 Å². The van der Waals surface area contributed by atoms with Crippen LogP contribution in [0.2, 0.25) is 0 Å². The molecular weight excluding hydrogens is 216 g/mol. The van der Waals surface area contributed by atoms with E-state index < -0.39 is 0 Å². The van der Waals surface area contributed by atoms with Crippen LogP contribution in [0.3, 0.4) is 0 Å². The minimum atomic E-state index is -0.244. The van der Waals surface area contributed by atoms with Crippen LogP contribution in [-0.4, -0.2) is 17.4 Å². The molecule has 0 aliphatic carbocycles. The van der Waals surface area contributed by atoms with E-state index in [-0.39, 0.29) is 11.6 Å². The Hall–Kier alpha value is -2.10. The highest BCUT2D eigenvalue weighted by molar-refractivity contribution is 5.92. The number of amides is 1. The number of aromatic nitrogens is 1. The molecule has 2 aromatic rings. The van der Waals surface area contributed by atoms with E-state index in [1.807, 2.05) is 13.0 Å². The Balaban J connectivity index is 2.27. The first-order valence-corrected chi connectivity index (χ1v) is 5.30. The van der Waals surface area contributed by atoms with Crippen LogP contribution in [-0.2, 0) is 0 Å². The van der Waals surface area contributed by atoms with Gasteiger partial charge in [0.25, 0.3) is 5.91 Å². The predicted octanol–water partition coefficient (Wildman–Crippen LogP) is 2.15. The van der Waals surface area contributed by atoms with Crippen molar-refractivity contribution in [2.75, 3.05) is 6.54 Å². The lowest BCUT2D eigenvalue weighted by Crippen LogP contribution is -2.22. The maximum atomic E-state index is 11.5. The van der Waals surface area contributed by atoms with E-state index in [1.54, 1.807) is 18.2 Å². The van der Waals surface area contributed by atoms with E-state index in [4.69, 9.17) is 11.3 Å². The molecule has 1 amide bonds. The fourth-order valence-electron chi connectivity index (χ4n) is 1.43. The van der Waals surface area contributed by atoms with Gasteiger partial charge in [0.1, 0.15) is 6.26 Å². The Morgan fingerprint density at radius 2 is 2.35 bits per heavy atom. The summed E-state index contributed by atoms with van der Waals surface area (Å²) >= 11 is 0. The number of carbonyl (C=O) groups excluding carboxylic acids is 1. The lowest BCUT2D eigenvalue weighted by Gasteiger charge is -1.97. The summed E-state index contributed by atoms with van der Waals surface area (Å²) in [6.45, 7) is 8.06. The van der Waals surface area contributed by atoms with Gasteiger partial charge in [-0.1, -0.05) is 12.1 Å². The number of carbonyl (C=O) groups is 1. The molecule has 0 aliphatic rings. The van der Waals surface area contributed by atoms with Gasteiger partial charge in [-0.05, 0) is 31.5 Å². The summed E-state index contributed by atoms with van der Waals surface area (Å²) in [7, 11) is 0. The van der Waals surface area contributed by atoms with Gasteiger partial charge in [0, 0.05) is 12.1 Å². The molecule has 0 bridgehead atoms. The number of rotatable bonds is 3. The summed E-state index contributed by atoms with van der Waals surface area (Å²) in [4.78, 5) is 15.6. The molecule has 2 rings (SSSR count). The summed E-state index contributed by atoms with van der Waals surface area (Å²) in [5, 5.41) is 2.65. The van der Waals surface area contributed by atoms with Crippen molar-refractivity contribution in [2.45, 2.75) is 6.92 Å². The molecule has 86 valence electrons. The highest BCUT2D eigenvalue weighted by Gasteiger charge is 2.12. The van der Waals surface area contributed by atoms with Gasteiger partial charge in [-0.2, -0.15) is 0 Å². The molecule has 0 saturated heterocycles. The molecule has 0 fully saturated rings. The van der Waals surface area contributed by atoms with Crippen LogP contribution in [0, 0.1) is 6.92 Å². The Bertz CT molecular complexity index is 532. The third-order valence-electron chi connectivity index (χ3n) is 2.21. The zero-order valence-electron chi connectivity index (χ0n) is 9.43. The lowest BCUT2D eigenvalue weighted by molar-refractivity contribution is 0.0951. The fraction of sp³-hybridized carbons (Fsp3) is 0.154. The number of nitrogens with one attached hydrogen (secondary N) is 1. The third-order valence-corrected chi connectivity index (χ3v) is 2.21. The third kappa shape index (κ3) is 2.53. The first-order valence-electron chi connectivity index (χ1n) is 5.30. The predicted molar refractivity (Wildman–Crippen MR) is 63.3 cm³/mol. The van der Waals surface area contributed by atoms with Crippen molar-refractivity contribution < 1.29 is 9.21 Å². The number of nitrogens with zero attached hydrogens (tertiary/aromatic N) is 1. The molecular formula is C13H12N2O2. The number of oxazole rings is 1. The van der Waals surface area contributed by atoms with Crippen LogP contribution in [0.4, 0.5) is 0 Å². The molecule has 1 N–H and O–H groups in total. The number of hydrogen-bond donors (Lipinski definition) is 1. The van der Waals surface area contributed by atoms with Crippen molar-refractivity contribution in [3.8, 4) is 11.5 Å². The van der Waals surface area contributed by atoms with Crippen molar-refractivity contribution in [3.05, 3.63) is 48.7 Å². The van der Waals surface area contributed by atoms with Crippen molar-refractivity contribution in [3.63, 3.8) is 0 Å². The van der Waals surface area contributed by atoms with Crippen LogP contribution in [0.15, 0.2) is 34.9 Å². The normalized spacial score (nSPS) is 10.2. The molecule has 0 unspecified atom stereocenters. The van der Waals surface area contributed by atoms with E-state index in [9.17, 15) is 4.79 Å². The van der Waals surface area contributed by atoms with Crippen LogP contribution in [0.5, 0.6) is 0 Å². The molecule has 1 aromatic heterocycles. The summed E-state index contributed by atoms with van der Waals surface area (Å²) in [6.07, 6.45) is 1.34. The molecule has 0 aliphatic heterocycles. The van der Waals surface area contributed by atoms with Gasteiger partial charge in [0.05, 0.1) is 0 Å². The van der Waals surface area contributed by atoms with E-state index in [2.05, 4.69) is 10.3 Å². The van der Waals surface area contributed by atoms with Crippen LogP contribution >= 0.6 is 0 Å². The second kappa shape index (κ2) is 4.82. The van der Waals surface area contributed by atoms with Gasteiger partial charge in [-0.25, -0.2) is 4.98 Å². The quantitative estimate of drug-likeness (QED) is 0.875. The second-order valence-electron chi connectivity index (χ2n) is 3.52. The van der Waals surface area contributed by atoms with Gasteiger partial charge >= 0.3 is 0 Å². The highest BCUT2D eigenvalue weighted by Crippen LogP contribution is 2.19. The number of hydrogen-bond acceptors (Lipinski definition) is 3. The van der Waals surface area contributed by atoms with Crippen LogP contribution in [0.25, 0.3) is 11.5 Å². The molecule has 4 nitrogen and oxygen atoms in total. The van der Waals surface area contributed by atoms with Crippen LogP contribution in [0.1, 0.15) is 23.0 Å². The van der Waals surface area contributed by atoms with E-state index in [0.29, 0.717) is 18.0 Å². The topological polar surface area (TPSA) is 55.1 Å². The van der Waals surface area contributed by atoms with Gasteiger partial charge < -0.3 is 9.73 Å². The summed E-state index contributed by atoms with van der Waals surface area (Å²) in [6, 6.07) is 7.15. The molecule has 17 heavy (non-hydrogen) atoms. The van der Waals surface area contributed by atoms with Crippen molar-refractivity contribution in [1.82, 2.24) is 10.3 Å². The minimum Gasteiger partial charge on any atom is -0.444 e. The zero-order chi connectivity index (χ0) is 12.3. The monoisotopic (exact) mass is 228 g/mol. The standard InChI is InChI=1S/C13H12N2O2/c1-3-14-12(16)11-8-17-13(15-11)10-6-4-5-9(2)7-10/h2,4-8H,3H2,1H3,(H,14,16). The smallest absolute Gasteiger partial charge is 0.273 e. The zero-order valence-corrected chi connectivity index (χ0v) is 9.43. The molecule has 0 spiro atoms. The van der Waals surface area contributed by atoms with Crippen LogP contribution < -0.4 is 5.32 Å². The summed E-state index contributed by atoms with van der Waals surface area (Å²) < 4.78 is 5.25. The van der Waals surface area contributed by atoms with Crippen molar-refractivity contribution in [1.29, 1.82) is 0 Å². The summed E-state index contributed by atoms with van der Waals surface area (Å²) in [5.41, 5.74) is 1.64. The van der Waals surface area contributed by atoms with Crippen molar-refractivity contribution >= 4 is 5.91 Å². The lowest BCUT2D eigenvalue weighted by atomic mass is 10.1. The number of benzene rings is 1. The summed E-state index contributed by atoms with van der Waals surface area (Å²) in [5.74, 6) is 0.143. The Kier molecular flexibility index (Phi) is 3.23. The van der Waals surface area contributed by atoms with Crippen molar-refractivity contribution in [2.24, 2.45) is 0 Å². The molecule has 0 saturated carbocycles. The first kappa shape index (κ1) is 11.4. The molecule has 2 radical (unpaired) electrons. The molecule has 4 heteroatoms. The maximum Gasteiger partial charge on any atom is 0.273 e. The first-order chi connectivity index (χ1) is 8.20. The Morgan fingerprint density at radius 3 is 3.06 bits per heavy atom. The van der Waals surface area contributed by atoms with Gasteiger partial charge in [-0.3, -0.25) is 4.79 Å². The minimum absolute atomic E-state index is 0.244. The van der Waals surface area contributed by atoms with Gasteiger partial charge in [0.15, 0.2) is 5.69 Å². The van der Waals surface area contributed by atoms with E-state index in [0.717, 1.165) is 5.56 Å². The average molecular weight is 228 g/mol. The molecule has 0 atom stereocenters. The molecule has 1 heterocycles. The highest BCUT2D eigenvalue weighted by atomic mass is 16.3. The Morgan fingerprint density at radius 1 is 1.53 bits per heavy atom. The molecule has 1 aromatic carbocycles. The maximum absolute atomic E-state index is 11.5. The van der Waals surface area contributed by atoms with E-state index >= 15 is 0 Å².